The van der Waals surface area contributed by atoms with Crippen LogP contribution in [-0.4, -0.2) is 30.8 Å². The minimum Gasteiger partial charge on any atom is -0.409 e. The van der Waals surface area contributed by atoms with Crippen LogP contribution in [0.1, 0.15) is 30.9 Å². The topological polar surface area (TPSA) is 79.9 Å². The largest absolute Gasteiger partial charge is 0.409 e. The Morgan fingerprint density at radius 1 is 1.45 bits per heavy atom. The Kier molecular flexibility index (Phi) is 8.02. The second-order valence-electron chi connectivity index (χ2n) is 4.43. The molecule has 1 aromatic carbocycles. The van der Waals surface area contributed by atoms with Crippen molar-refractivity contribution < 1.29 is 9.94 Å². The third-order valence-corrected chi connectivity index (χ3v) is 3.19. The van der Waals surface area contributed by atoms with Crippen molar-refractivity contribution in [2.75, 3.05) is 19.8 Å². The SMILES string of the molecule is CCCCOCCNCc1ccc(/C(N)=N/O)cc1Cl. The van der Waals surface area contributed by atoms with E-state index in [-0.39, 0.29) is 5.84 Å². The molecule has 0 unspecified atom stereocenters. The fraction of sp³-hybridized carbons (Fsp3) is 0.500. The molecule has 0 saturated heterocycles. The third kappa shape index (κ3) is 5.77. The van der Waals surface area contributed by atoms with Gasteiger partial charge in [-0.05, 0) is 18.1 Å². The quantitative estimate of drug-likeness (QED) is 0.215. The van der Waals surface area contributed by atoms with Gasteiger partial charge in [0, 0.05) is 30.3 Å². The van der Waals surface area contributed by atoms with Gasteiger partial charge in [0.15, 0.2) is 5.84 Å². The first-order chi connectivity index (χ1) is 9.69. The predicted molar refractivity (Wildman–Crippen MR) is 81.4 cm³/mol. The molecule has 0 amide bonds. The van der Waals surface area contributed by atoms with Crippen molar-refractivity contribution in [2.45, 2.75) is 26.3 Å². The number of oxime groups is 1. The summed E-state index contributed by atoms with van der Waals surface area (Å²) in [5.41, 5.74) is 7.07. The summed E-state index contributed by atoms with van der Waals surface area (Å²) in [4.78, 5) is 0. The molecular weight excluding hydrogens is 278 g/mol. The van der Waals surface area contributed by atoms with Crippen LogP contribution in [0.15, 0.2) is 23.4 Å². The van der Waals surface area contributed by atoms with Gasteiger partial charge in [-0.3, -0.25) is 0 Å². The lowest BCUT2D eigenvalue weighted by molar-refractivity contribution is 0.133. The fourth-order valence-electron chi connectivity index (χ4n) is 1.62. The highest BCUT2D eigenvalue weighted by atomic mass is 35.5. The zero-order chi connectivity index (χ0) is 14.8. The number of halogens is 1. The number of rotatable bonds is 9. The minimum atomic E-state index is 0.0516. The Balaban J connectivity index is 2.34. The molecule has 0 radical (unpaired) electrons. The standard InChI is InChI=1S/C14H22ClN3O2/c1-2-3-7-20-8-6-17-10-12-5-4-11(9-13(12)15)14(16)18-19/h4-5,9,17,19H,2-3,6-8,10H2,1H3,(H2,16,18). The Labute approximate surface area is 124 Å². The molecule has 4 N–H and O–H groups in total. The number of hydrogen-bond donors (Lipinski definition) is 3. The summed E-state index contributed by atoms with van der Waals surface area (Å²) in [7, 11) is 0. The second kappa shape index (κ2) is 9.58. The van der Waals surface area contributed by atoms with Crippen LogP contribution in [0.5, 0.6) is 0 Å². The maximum absolute atomic E-state index is 8.60. The van der Waals surface area contributed by atoms with Gasteiger partial charge in [0.05, 0.1) is 6.61 Å². The molecule has 1 aromatic rings. The van der Waals surface area contributed by atoms with Crippen molar-refractivity contribution in [3.05, 3.63) is 34.3 Å². The fourth-order valence-corrected chi connectivity index (χ4v) is 1.87. The summed E-state index contributed by atoms with van der Waals surface area (Å²) in [6.07, 6.45) is 2.25. The number of unbranched alkanes of at least 4 members (excludes halogenated alkanes) is 1. The summed E-state index contributed by atoms with van der Waals surface area (Å²) in [6, 6.07) is 5.32. The number of nitrogens with two attached hydrogens (primary N) is 1. The van der Waals surface area contributed by atoms with Gasteiger partial charge in [0.2, 0.25) is 0 Å². The molecule has 0 aromatic heterocycles. The Hall–Kier alpha value is -1.30. The maximum atomic E-state index is 8.60. The predicted octanol–water partition coefficient (Wildman–Crippen LogP) is 2.34. The normalized spacial score (nSPS) is 11.8. The van der Waals surface area contributed by atoms with E-state index in [2.05, 4.69) is 17.4 Å². The molecule has 20 heavy (non-hydrogen) atoms. The molecule has 0 spiro atoms. The van der Waals surface area contributed by atoms with E-state index in [1.807, 2.05) is 6.07 Å². The molecule has 0 aliphatic carbocycles. The Morgan fingerprint density at radius 2 is 2.25 bits per heavy atom. The first-order valence-corrected chi connectivity index (χ1v) is 7.11. The average molecular weight is 300 g/mol. The van der Waals surface area contributed by atoms with Crippen molar-refractivity contribution in [3.8, 4) is 0 Å². The second-order valence-corrected chi connectivity index (χ2v) is 4.84. The molecule has 0 saturated carbocycles. The molecule has 0 aliphatic heterocycles. The molecular formula is C14H22ClN3O2. The first-order valence-electron chi connectivity index (χ1n) is 6.73. The molecule has 0 bridgehead atoms. The number of nitrogens with one attached hydrogen (secondary N) is 1. The molecule has 0 atom stereocenters. The van der Waals surface area contributed by atoms with E-state index in [0.717, 1.165) is 31.6 Å². The molecule has 6 heteroatoms. The number of ether oxygens (including phenoxy) is 1. The van der Waals surface area contributed by atoms with Gasteiger partial charge in [-0.15, -0.1) is 0 Å². The van der Waals surface area contributed by atoms with E-state index in [0.29, 0.717) is 23.7 Å². The van der Waals surface area contributed by atoms with E-state index < -0.39 is 0 Å². The lowest BCUT2D eigenvalue weighted by atomic mass is 10.1. The summed E-state index contributed by atoms with van der Waals surface area (Å²) in [6.45, 7) is 5.09. The number of amidine groups is 1. The van der Waals surface area contributed by atoms with Crippen LogP contribution in [0.25, 0.3) is 0 Å². The van der Waals surface area contributed by atoms with Crippen LogP contribution in [0.3, 0.4) is 0 Å². The lowest BCUT2D eigenvalue weighted by Crippen LogP contribution is -2.20. The van der Waals surface area contributed by atoms with Gasteiger partial charge < -0.3 is 21.0 Å². The highest BCUT2D eigenvalue weighted by Crippen LogP contribution is 2.17. The Morgan fingerprint density at radius 3 is 2.90 bits per heavy atom. The average Bonchev–Trinajstić information content (AvgIpc) is 2.46. The van der Waals surface area contributed by atoms with Crippen LogP contribution >= 0.6 is 11.6 Å². The monoisotopic (exact) mass is 299 g/mol. The van der Waals surface area contributed by atoms with Crippen LogP contribution in [0.2, 0.25) is 5.02 Å². The number of benzene rings is 1. The van der Waals surface area contributed by atoms with Gasteiger partial charge >= 0.3 is 0 Å². The van der Waals surface area contributed by atoms with Gasteiger partial charge in [0.25, 0.3) is 0 Å². The molecule has 112 valence electrons. The lowest BCUT2D eigenvalue weighted by Gasteiger charge is -2.08. The first kappa shape index (κ1) is 16.8. The summed E-state index contributed by atoms with van der Waals surface area (Å²) in [5.74, 6) is 0.0516. The maximum Gasteiger partial charge on any atom is 0.170 e. The van der Waals surface area contributed by atoms with E-state index in [1.54, 1.807) is 12.1 Å². The third-order valence-electron chi connectivity index (χ3n) is 2.84. The Bertz CT molecular complexity index is 438. The van der Waals surface area contributed by atoms with Gasteiger partial charge in [-0.1, -0.05) is 42.2 Å². The van der Waals surface area contributed by atoms with Gasteiger partial charge in [0.1, 0.15) is 0 Å². The molecule has 0 fully saturated rings. The minimum absolute atomic E-state index is 0.0516. The van der Waals surface area contributed by atoms with Crippen LogP contribution < -0.4 is 11.1 Å². The number of hydrogen-bond acceptors (Lipinski definition) is 4. The van der Waals surface area contributed by atoms with E-state index >= 15 is 0 Å². The van der Waals surface area contributed by atoms with Crippen LogP contribution in [0.4, 0.5) is 0 Å². The highest BCUT2D eigenvalue weighted by molar-refractivity contribution is 6.31. The van der Waals surface area contributed by atoms with Gasteiger partial charge in [-0.2, -0.15) is 0 Å². The molecule has 5 nitrogen and oxygen atoms in total. The number of nitrogens with zero attached hydrogens (tertiary/aromatic N) is 1. The zero-order valence-electron chi connectivity index (χ0n) is 11.7. The summed E-state index contributed by atoms with van der Waals surface area (Å²) < 4.78 is 5.45. The van der Waals surface area contributed by atoms with Crippen molar-refractivity contribution in [1.29, 1.82) is 0 Å². The molecule has 0 aliphatic rings. The van der Waals surface area contributed by atoms with E-state index in [1.165, 1.54) is 0 Å². The van der Waals surface area contributed by atoms with E-state index in [9.17, 15) is 0 Å². The smallest absolute Gasteiger partial charge is 0.170 e. The van der Waals surface area contributed by atoms with Crippen molar-refractivity contribution in [2.24, 2.45) is 10.9 Å². The van der Waals surface area contributed by atoms with Crippen molar-refractivity contribution in [1.82, 2.24) is 5.32 Å². The van der Waals surface area contributed by atoms with Gasteiger partial charge in [-0.25, -0.2) is 0 Å². The van der Waals surface area contributed by atoms with Crippen LogP contribution in [-0.2, 0) is 11.3 Å². The van der Waals surface area contributed by atoms with Crippen molar-refractivity contribution in [3.63, 3.8) is 0 Å². The zero-order valence-corrected chi connectivity index (χ0v) is 12.5. The molecule has 0 heterocycles. The summed E-state index contributed by atoms with van der Waals surface area (Å²) in [5, 5.41) is 15.4. The van der Waals surface area contributed by atoms with E-state index in [4.69, 9.17) is 27.3 Å². The van der Waals surface area contributed by atoms with Crippen molar-refractivity contribution >= 4 is 17.4 Å². The highest BCUT2D eigenvalue weighted by Gasteiger charge is 2.04. The van der Waals surface area contributed by atoms with Crippen LogP contribution in [0, 0.1) is 0 Å². The molecule has 1 rings (SSSR count). The summed E-state index contributed by atoms with van der Waals surface area (Å²) >= 11 is 6.15.